The van der Waals surface area contributed by atoms with Crippen molar-refractivity contribution in [3.8, 4) is 0 Å². The van der Waals surface area contributed by atoms with Gasteiger partial charge in [0.1, 0.15) is 11.6 Å². The number of aromatic nitrogens is 1. The highest BCUT2D eigenvalue weighted by Crippen LogP contribution is 2.27. The molecule has 1 aromatic carbocycles. The lowest BCUT2D eigenvalue weighted by molar-refractivity contribution is -0.384. The van der Waals surface area contributed by atoms with Crippen LogP contribution in [-0.4, -0.2) is 15.4 Å². The van der Waals surface area contributed by atoms with E-state index in [1.54, 1.807) is 18.4 Å². The summed E-state index contributed by atoms with van der Waals surface area (Å²) in [5.74, 6) is -0.364. The molecular weight excluding hydrogens is 322 g/mol. The molecule has 1 N–H and O–H groups in total. The van der Waals surface area contributed by atoms with Gasteiger partial charge in [-0.1, -0.05) is 11.6 Å². The molecule has 1 aromatic heterocycles. The number of halogens is 1. The van der Waals surface area contributed by atoms with Crippen molar-refractivity contribution in [3.63, 3.8) is 0 Å². The van der Waals surface area contributed by atoms with Crippen molar-refractivity contribution in [2.75, 3.05) is 5.32 Å². The van der Waals surface area contributed by atoms with Gasteiger partial charge in [-0.2, -0.15) is 0 Å². The lowest BCUT2D eigenvalue weighted by Gasteiger charge is -2.14. The van der Waals surface area contributed by atoms with Crippen LogP contribution in [0.3, 0.4) is 0 Å². The molecule has 2 aromatic rings. The van der Waals surface area contributed by atoms with E-state index in [2.05, 4.69) is 5.32 Å². The van der Waals surface area contributed by atoms with Crippen LogP contribution in [-0.2, 0) is 11.3 Å². The van der Waals surface area contributed by atoms with E-state index in [-0.39, 0.29) is 34.3 Å². The Morgan fingerprint density at radius 2 is 1.87 bits per heavy atom. The molecule has 7 nitrogen and oxygen atoms in total. The first-order valence-corrected chi connectivity index (χ1v) is 7.07. The van der Waals surface area contributed by atoms with E-state index in [9.17, 15) is 19.7 Å². The van der Waals surface area contributed by atoms with E-state index in [4.69, 9.17) is 11.6 Å². The zero-order chi connectivity index (χ0) is 17.1. The normalized spacial score (nSPS) is 10.4. The van der Waals surface area contributed by atoms with Crippen LogP contribution in [0.5, 0.6) is 0 Å². The lowest BCUT2D eigenvalue weighted by atomic mass is 10.2. The number of carbonyl (C=O) groups excluding carboxylic acids is 1. The molecule has 0 bridgehead atoms. The molecule has 8 heteroatoms. The Morgan fingerprint density at radius 1 is 1.26 bits per heavy atom. The fourth-order valence-corrected chi connectivity index (χ4v) is 2.40. The third-order valence-corrected chi connectivity index (χ3v) is 3.60. The van der Waals surface area contributed by atoms with Gasteiger partial charge in [-0.15, -0.1) is 0 Å². The topological polar surface area (TPSA) is 94.2 Å². The summed E-state index contributed by atoms with van der Waals surface area (Å²) in [4.78, 5) is 33.7. The van der Waals surface area contributed by atoms with Gasteiger partial charge in [0.05, 0.1) is 4.92 Å². The van der Waals surface area contributed by atoms with Gasteiger partial charge in [-0.3, -0.25) is 19.7 Å². The van der Waals surface area contributed by atoms with E-state index < -0.39 is 4.92 Å². The van der Waals surface area contributed by atoms with Crippen molar-refractivity contribution in [1.82, 2.24) is 4.57 Å². The van der Waals surface area contributed by atoms with E-state index in [1.807, 2.05) is 0 Å². The summed E-state index contributed by atoms with van der Waals surface area (Å²) in [5.41, 5.74) is 1.20. The number of nitro groups is 1. The molecular formula is C15H14ClN3O4. The number of hydrogen-bond acceptors (Lipinski definition) is 4. The summed E-state index contributed by atoms with van der Waals surface area (Å²) < 4.78 is 1.68. The third kappa shape index (κ3) is 3.95. The molecule has 23 heavy (non-hydrogen) atoms. The molecule has 0 spiro atoms. The van der Waals surface area contributed by atoms with Crippen LogP contribution >= 0.6 is 11.6 Å². The number of pyridine rings is 1. The summed E-state index contributed by atoms with van der Waals surface area (Å²) in [6, 6.07) is 6.91. The zero-order valence-electron chi connectivity index (χ0n) is 12.5. The number of rotatable bonds is 4. The van der Waals surface area contributed by atoms with Crippen LogP contribution in [0.1, 0.15) is 11.4 Å². The molecule has 0 unspecified atom stereocenters. The van der Waals surface area contributed by atoms with Gasteiger partial charge in [-0.25, -0.2) is 0 Å². The van der Waals surface area contributed by atoms with Crippen molar-refractivity contribution in [2.45, 2.75) is 20.4 Å². The van der Waals surface area contributed by atoms with Gasteiger partial charge in [0.2, 0.25) is 5.91 Å². The second kappa shape index (κ2) is 6.62. The predicted octanol–water partition coefficient (Wildman–Crippen LogP) is 2.67. The largest absolute Gasteiger partial charge is 0.340 e. The molecule has 0 aliphatic rings. The van der Waals surface area contributed by atoms with Crippen molar-refractivity contribution in [3.05, 3.63) is 67.1 Å². The first-order chi connectivity index (χ1) is 10.8. The van der Waals surface area contributed by atoms with Crippen molar-refractivity contribution in [1.29, 1.82) is 0 Å². The Hall–Kier alpha value is -2.67. The first kappa shape index (κ1) is 16.7. The lowest BCUT2D eigenvalue weighted by Crippen LogP contribution is -2.23. The summed E-state index contributed by atoms with van der Waals surface area (Å²) in [6.07, 6.45) is 0. The number of amides is 1. The highest BCUT2D eigenvalue weighted by Gasteiger charge is 2.14. The Bertz CT molecular complexity index is 819. The highest BCUT2D eigenvalue weighted by molar-refractivity contribution is 6.32. The predicted molar refractivity (Wildman–Crippen MR) is 86.9 cm³/mol. The second-order valence-electron chi connectivity index (χ2n) is 5.03. The van der Waals surface area contributed by atoms with E-state index >= 15 is 0 Å². The maximum absolute atomic E-state index is 12.1. The smallest absolute Gasteiger partial charge is 0.289 e. The number of aryl methyl sites for hydroxylation is 2. The van der Waals surface area contributed by atoms with Gasteiger partial charge in [0, 0.05) is 35.3 Å². The standard InChI is InChI=1S/C15H14ClN3O4/c1-9-5-12(20)6-10(2)18(9)8-15(21)17-11-3-4-13(16)14(7-11)19(22)23/h3-7H,8H2,1-2H3,(H,17,21). The van der Waals surface area contributed by atoms with Crippen LogP contribution in [0.2, 0.25) is 5.02 Å². The number of nitro benzene ring substituents is 1. The average molecular weight is 336 g/mol. The number of benzene rings is 1. The first-order valence-electron chi connectivity index (χ1n) is 6.70. The van der Waals surface area contributed by atoms with Gasteiger partial charge in [-0.05, 0) is 26.0 Å². The van der Waals surface area contributed by atoms with E-state index in [0.29, 0.717) is 11.4 Å². The molecule has 1 heterocycles. The highest BCUT2D eigenvalue weighted by atomic mass is 35.5. The summed E-state index contributed by atoms with van der Waals surface area (Å²) >= 11 is 5.73. The van der Waals surface area contributed by atoms with Crippen LogP contribution in [0.25, 0.3) is 0 Å². The number of hydrogen-bond donors (Lipinski definition) is 1. The molecule has 120 valence electrons. The van der Waals surface area contributed by atoms with Crippen LogP contribution < -0.4 is 10.7 Å². The third-order valence-electron chi connectivity index (χ3n) is 3.28. The Labute approximate surface area is 136 Å². The minimum atomic E-state index is -0.617. The van der Waals surface area contributed by atoms with Crippen LogP contribution in [0.15, 0.2) is 35.1 Å². The molecule has 1 amide bonds. The maximum Gasteiger partial charge on any atom is 0.289 e. The molecule has 0 fully saturated rings. The molecule has 0 aliphatic heterocycles. The quantitative estimate of drug-likeness (QED) is 0.686. The molecule has 0 atom stereocenters. The minimum absolute atomic E-state index is 0.0000902. The molecule has 2 rings (SSSR count). The summed E-state index contributed by atoms with van der Waals surface area (Å²) in [5, 5.41) is 13.4. The van der Waals surface area contributed by atoms with Crippen LogP contribution in [0, 0.1) is 24.0 Å². The Balaban J connectivity index is 2.19. The van der Waals surface area contributed by atoms with Crippen molar-refractivity contribution >= 4 is 28.9 Å². The second-order valence-corrected chi connectivity index (χ2v) is 5.44. The fraction of sp³-hybridized carbons (Fsp3) is 0.200. The SMILES string of the molecule is Cc1cc(=O)cc(C)n1CC(=O)Nc1ccc(Cl)c([N+](=O)[O-])c1. The monoisotopic (exact) mass is 335 g/mol. The molecule has 0 radical (unpaired) electrons. The zero-order valence-corrected chi connectivity index (χ0v) is 13.3. The minimum Gasteiger partial charge on any atom is -0.340 e. The Morgan fingerprint density at radius 3 is 2.43 bits per heavy atom. The van der Waals surface area contributed by atoms with E-state index in [0.717, 1.165) is 0 Å². The molecule has 0 aliphatic carbocycles. The Kier molecular flexibility index (Phi) is 4.80. The molecule has 0 saturated heterocycles. The maximum atomic E-state index is 12.1. The van der Waals surface area contributed by atoms with Gasteiger partial charge < -0.3 is 9.88 Å². The summed E-state index contributed by atoms with van der Waals surface area (Å²) in [7, 11) is 0. The molecule has 0 saturated carbocycles. The summed E-state index contributed by atoms with van der Waals surface area (Å²) in [6.45, 7) is 3.46. The van der Waals surface area contributed by atoms with Gasteiger partial charge in [0.15, 0.2) is 5.43 Å². The number of nitrogens with one attached hydrogen (secondary N) is 1. The number of anilines is 1. The van der Waals surface area contributed by atoms with Gasteiger partial charge in [0.25, 0.3) is 5.69 Å². The van der Waals surface area contributed by atoms with E-state index in [1.165, 1.54) is 30.3 Å². The number of nitrogens with zero attached hydrogens (tertiary/aromatic N) is 2. The average Bonchev–Trinajstić information content (AvgIpc) is 2.44. The van der Waals surface area contributed by atoms with Crippen molar-refractivity contribution in [2.24, 2.45) is 0 Å². The van der Waals surface area contributed by atoms with Gasteiger partial charge >= 0.3 is 0 Å². The van der Waals surface area contributed by atoms with Crippen molar-refractivity contribution < 1.29 is 9.72 Å². The van der Waals surface area contributed by atoms with Crippen LogP contribution in [0.4, 0.5) is 11.4 Å². The number of carbonyl (C=O) groups is 1. The fourth-order valence-electron chi connectivity index (χ4n) is 2.21.